The van der Waals surface area contributed by atoms with E-state index in [1.54, 1.807) is 0 Å². The molecule has 1 aliphatic heterocycles. The standard InChI is InChI=1S/C31H21BN2/c1-3-12-22(13-4-1)29-25-17-8-10-20-28(25)34(23-14-5-2-6-15-23)31(29)32-26-18-9-7-16-24(26)30-27(32)19-11-21-33-30/h1-21H. The normalized spacial score (nSPS) is 12.1. The van der Waals surface area contributed by atoms with Crippen molar-refractivity contribution in [3.8, 4) is 28.1 Å². The SMILES string of the molecule is c1ccc(-c2c(B3c4ccccc4-c4ncccc43)n(-c3ccccc3)c3ccccc23)cc1. The first kappa shape index (κ1) is 19.1. The zero-order valence-electron chi connectivity index (χ0n) is 18.6. The third kappa shape index (κ3) is 2.74. The first-order valence-corrected chi connectivity index (χ1v) is 11.7. The van der Waals surface area contributed by atoms with Crippen LogP contribution >= 0.6 is 0 Å². The van der Waals surface area contributed by atoms with E-state index in [9.17, 15) is 0 Å². The van der Waals surface area contributed by atoms with Crippen molar-refractivity contribution in [2.75, 3.05) is 0 Å². The molecule has 0 atom stereocenters. The van der Waals surface area contributed by atoms with E-state index in [1.165, 1.54) is 49.8 Å². The Kier molecular flexibility index (Phi) is 4.28. The molecule has 158 valence electrons. The van der Waals surface area contributed by atoms with Crippen LogP contribution < -0.4 is 16.5 Å². The highest BCUT2D eigenvalue weighted by Gasteiger charge is 2.39. The van der Waals surface area contributed by atoms with Crippen molar-refractivity contribution < 1.29 is 0 Å². The van der Waals surface area contributed by atoms with Gasteiger partial charge in [-0.3, -0.25) is 4.98 Å². The highest BCUT2D eigenvalue weighted by molar-refractivity contribution is 6.99. The van der Waals surface area contributed by atoms with Crippen molar-refractivity contribution in [1.82, 2.24) is 9.55 Å². The van der Waals surface area contributed by atoms with Gasteiger partial charge in [-0.25, -0.2) is 0 Å². The number of nitrogens with zero attached hydrogens (tertiary/aromatic N) is 2. The minimum absolute atomic E-state index is 0.0858. The van der Waals surface area contributed by atoms with Crippen LogP contribution in [0.15, 0.2) is 128 Å². The summed E-state index contributed by atoms with van der Waals surface area (Å²) in [4.78, 5) is 4.83. The number of hydrogen-bond donors (Lipinski definition) is 0. The molecule has 0 saturated heterocycles. The zero-order valence-corrected chi connectivity index (χ0v) is 18.6. The summed E-state index contributed by atoms with van der Waals surface area (Å²) in [5.41, 5.74) is 11.1. The van der Waals surface area contributed by atoms with E-state index in [-0.39, 0.29) is 6.71 Å². The Bertz CT molecular complexity index is 1530. The molecule has 2 aromatic heterocycles. The Hall–Kier alpha value is -4.37. The molecule has 0 spiro atoms. The molecule has 0 bridgehead atoms. The number of fused-ring (bicyclic) bond motifs is 4. The van der Waals surface area contributed by atoms with Gasteiger partial charge < -0.3 is 4.57 Å². The van der Waals surface area contributed by atoms with E-state index in [2.05, 4.69) is 126 Å². The fraction of sp³-hybridized carbons (Fsp3) is 0. The number of hydrogen-bond acceptors (Lipinski definition) is 1. The molecule has 3 heteroatoms. The molecule has 0 amide bonds. The second kappa shape index (κ2) is 7.60. The van der Waals surface area contributed by atoms with Crippen molar-refractivity contribution in [1.29, 1.82) is 0 Å². The quantitative estimate of drug-likeness (QED) is 0.352. The van der Waals surface area contributed by atoms with Gasteiger partial charge in [0.05, 0.1) is 11.2 Å². The second-order valence-corrected chi connectivity index (χ2v) is 8.78. The van der Waals surface area contributed by atoms with E-state index in [1.807, 2.05) is 6.20 Å². The minimum atomic E-state index is 0.0858. The van der Waals surface area contributed by atoms with Crippen LogP contribution in [0.4, 0.5) is 0 Å². The van der Waals surface area contributed by atoms with E-state index < -0.39 is 0 Å². The maximum atomic E-state index is 4.83. The predicted molar refractivity (Wildman–Crippen MR) is 143 cm³/mol. The van der Waals surface area contributed by atoms with Crippen molar-refractivity contribution in [3.63, 3.8) is 0 Å². The largest absolute Gasteiger partial charge is 0.321 e. The van der Waals surface area contributed by atoms with Gasteiger partial charge >= 0.3 is 0 Å². The van der Waals surface area contributed by atoms with Gasteiger partial charge in [0.2, 0.25) is 0 Å². The summed E-state index contributed by atoms with van der Waals surface area (Å²) in [6.07, 6.45) is 1.91. The second-order valence-electron chi connectivity index (χ2n) is 8.78. The Morgan fingerprint density at radius 2 is 1.26 bits per heavy atom. The molecule has 7 rings (SSSR count). The maximum absolute atomic E-state index is 4.83. The summed E-state index contributed by atoms with van der Waals surface area (Å²) >= 11 is 0. The lowest BCUT2D eigenvalue weighted by molar-refractivity contribution is 1.16. The van der Waals surface area contributed by atoms with Crippen LogP contribution in [-0.4, -0.2) is 16.3 Å². The van der Waals surface area contributed by atoms with E-state index in [4.69, 9.17) is 4.98 Å². The van der Waals surface area contributed by atoms with Gasteiger partial charge in [0, 0.05) is 28.4 Å². The lowest BCUT2D eigenvalue weighted by atomic mass is 9.40. The molecule has 2 nitrogen and oxygen atoms in total. The van der Waals surface area contributed by atoms with E-state index >= 15 is 0 Å². The molecule has 0 saturated carbocycles. The fourth-order valence-corrected chi connectivity index (χ4v) is 5.60. The third-order valence-electron chi connectivity index (χ3n) is 6.94. The van der Waals surface area contributed by atoms with Crippen molar-refractivity contribution >= 4 is 34.1 Å². The average molecular weight is 432 g/mol. The molecule has 3 heterocycles. The van der Waals surface area contributed by atoms with Gasteiger partial charge in [0.15, 0.2) is 0 Å². The molecule has 1 aliphatic rings. The molecule has 0 unspecified atom stereocenters. The highest BCUT2D eigenvalue weighted by Crippen LogP contribution is 2.33. The number of benzene rings is 4. The number of pyridine rings is 1. The summed E-state index contributed by atoms with van der Waals surface area (Å²) in [5, 5.41) is 1.27. The zero-order chi connectivity index (χ0) is 22.5. The first-order valence-electron chi connectivity index (χ1n) is 11.7. The molecule has 4 aromatic carbocycles. The van der Waals surface area contributed by atoms with Gasteiger partial charge in [0.1, 0.15) is 0 Å². The third-order valence-corrected chi connectivity index (χ3v) is 6.94. The van der Waals surface area contributed by atoms with Crippen LogP contribution in [0.25, 0.3) is 39.0 Å². The maximum Gasteiger partial charge on any atom is 0.266 e. The molecule has 0 aliphatic carbocycles. The van der Waals surface area contributed by atoms with Gasteiger partial charge in [-0.05, 0) is 40.9 Å². The van der Waals surface area contributed by atoms with Crippen LogP contribution in [0.5, 0.6) is 0 Å². The van der Waals surface area contributed by atoms with Gasteiger partial charge in [-0.2, -0.15) is 0 Å². The Morgan fingerprint density at radius 1 is 0.588 bits per heavy atom. The molecule has 34 heavy (non-hydrogen) atoms. The molecule has 0 radical (unpaired) electrons. The van der Waals surface area contributed by atoms with Crippen LogP contribution in [0.2, 0.25) is 0 Å². The van der Waals surface area contributed by atoms with Crippen LogP contribution in [0, 0.1) is 0 Å². The monoisotopic (exact) mass is 432 g/mol. The average Bonchev–Trinajstić information content (AvgIpc) is 3.42. The molecule has 6 aromatic rings. The van der Waals surface area contributed by atoms with E-state index in [0.29, 0.717) is 0 Å². The van der Waals surface area contributed by atoms with Gasteiger partial charge in [0.25, 0.3) is 6.71 Å². The topological polar surface area (TPSA) is 17.8 Å². The van der Waals surface area contributed by atoms with Crippen LogP contribution in [-0.2, 0) is 0 Å². The number of aromatic nitrogens is 2. The van der Waals surface area contributed by atoms with Crippen LogP contribution in [0.1, 0.15) is 0 Å². The Labute approximate surface area is 199 Å². The fourth-order valence-electron chi connectivity index (χ4n) is 5.60. The molecular formula is C31H21BN2. The molecule has 0 N–H and O–H groups in total. The predicted octanol–water partition coefficient (Wildman–Crippen LogP) is 5.19. The van der Waals surface area contributed by atoms with Gasteiger partial charge in [-0.15, -0.1) is 0 Å². The molecular weight excluding hydrogens is 411 g/mol. The summed E-state index contributed by atoms with van der Waals surface area (Å²) < 4.78 is 2.46. The first-order chi connectivity index (χ1) is 16.9. The minimum Gasteiger partial charge on any atom is -0.321 e. The number of rotatable bonds is 3. The van der Waals surface area contributed by atoms with Crippen molar-refractivity contribution in [2.24, 2.45) is 0 Å². The molecule has 0 fully saturated rings. The summed E-state index contributed by atoms with van der Waals surface area (Å²) in [6.45, 7) is 0.0858. The smallest absolute Gasteiger partial charge is 0.266 e. The lowest BCUT2D eigenvalue weighted by Crippen LogP contribution is -2.52. The summed E-state index contributed by atoms with van der Waals surface area (Å²) in [6, 6.07) is 43.4. The highest BCUT2D eigenvalue weighted by atomic mass is 15.0. The van der Waals surface area contributed by atoms with Gasteiger partial charge in [-0.1, -0.05) is 103 Å². The summed E-state index contributed by atoms with van der Waals surface area (Å²) in [7, 11) is 0. The lowest BCUT2D eigenvalue weighted by Gasteiger charge is -2.18. The number of para-hydroxylation sites is 2. The Morgan fingerprint density at radius 3 is 2.12 bits per heavy atom. The Balaban J connectivity index is 1.67. The summed E-state index contributed by atoms with van der Waals surface area (Å²) in [5.74, 6) is 0. The van der Waals surface area contributed by atoms with Crippen molar-refractivity contribution in [3.05, 3.63) is 128 Å². The van der Waals surface area contributed by atoms with Crippen LogP contribution in [0.3, 0.4) is 0 Å². The van der Waals surface area contributed by atoms with E-state index in [0.717, 1.165) is 5.69 Å². The van der Waals surface area contributed by atoms with Crippen molar-refractivity contribution in [2.45, 2.75) is 0 Å².